The minimum absolute atomic E-state index is 0.767. The van der Waals surface area contributed by atoms with E-state index < -0.39 is 0 Å². The van der Waals surface area contributed by atoms with E-state index in [9.17, 15) is 0 Å². The number of nitrogens with zero attached hydrogens (tertiary/aromatic N) is 3. The molecule has 0 aliphatic heterocycles. The molecule has 0 unspecified atom stereocenters. The summed E-state index contributed by atoms with van der Waals surface area (Å²) >= 11 is 0. The highest BCUT2D eigenvalue weighted by Gasteiger charge is 2.06. The van der Waals surface area contributed by atoms with Crippen LogP contribution in [-0.2, 0) is 4.74 Å². The number of rotatable bonds is 7. The van der Waals surface area contributed by atoms with Crippen molar-refractivity contribution in [3.8, 4) is 5.69 Å². The van der Waals surface area contributed by atoms with Gasteiger partial charge in [-0.05, 0) is 31.9 Å². The molecule has 5 nitrogen and oxygen atoms in total. The van der Waals surface area contributed by atoms with Gasteiger partial charge in [0, 0.05) is 38.3 Å². The molecule has 2 aromatic heterocycles. The molecule has 0 aromatic carbocycles. The van der Waals surface area contributed by atoms with E-state index in [1.54, 1.807) is 12.4 Å². The zero-order valence-electron chi connectivity index (χ0n) is 11.5. The Balaban J connectivity index is 2.00. The van der Waals surface area contributed by atoms with Crippen LogP contribution in [0.5, 0.6) is 0 Å². The van der Waals surface area contributed by atoms with Gasteiger partial charge in [0.25, 0.3) is 0 Å². The van der Waals surface area contributed by atoms with Crippen molar-refractivity contribution in [2.75, 3.05) is 25.1 Å². The van der Waals surface area contributed by atoms with E-state index in [4.69, 9.17) is 4.74 Å². The molecule has 5 heteroatoms. The number of hydrogen-bond acceptors (Lipinski definition) is 4. The maximum absolute atomic E-state index is 5.31. The Hall–Kier alpha value is -1.88. The van der Waals surface area contributed by atoms with Crippen LogP contribution in [0.15, 0.2) is 30.9 Å². The third-order valence-electron chi connectivity index (χ3n) is 2.86. The molecule has 2 heterocycles. The average molecular weight is 260 g/mol. The first-order chi connectivity index (χ1) is 9.33. The van der Waals surface area contributed by atoms with E-state index in [2.05, 4.69) is 22.2 Å². The predicted molar refractivity (Wildman–Crippen MR) is 75.7 cm³/mol. The fraction of sp³-hybridized carbons (Fsp3) is 0.429. The molecule has 0 fully saturated rings. The van der Waals surface area contributed by atoms with Crippen molar-refractivity contribution >= 4 is 5.95 Å². The average Bonchev–Trinajstić information content (AvgIpc) is 2.87. The third-order valence-corrected chi connectivity index (χ3v) is 2.86. The van der Waals surface area contributed by atoms with E-state index >= 15 is 0 Å². The molecule has 0 saturated carbocycles. The number of aryl methyl sites for hydroxylation is 1. The molecule has 19 heavy (non-hydrogen) atoms. The number of imidazole rings is 1. The lowest BCUT2D eigenvalue weighted by atomic mass is 10.2. The van der Waals surface area contributed by atoms with Crippen LogP contribution in [0.25, 0.3) is 5.69 Å². The quantitative estimate of drug-likeness (QED) is 0.777. The van der Waals surface area contributed by atoms with E-state index in [0.717, 1.165) is 37.8 Å². The highest BCUT2D eigenvalue weighted by molar-refractivity contribution is 5.44. The monoisotopic (exact) mass is 260 g/mol. The third kappa shape index (κ3) is 3.54. The van der Waals surface area contributed by atoms with Gasteiger partial charge >= 0.3 is 0 Å². The second-order valence-corrected chi connectivity index (χ2v) is 4.26. The molecule has 102 valence electrons. The molecule has 0 aliphatic rings. The number of aromatic nitrogens is 3. The second kappa shape index (κ2) is 6.89. The van der Waals surface area contributed by atoms with E-state index in [-0.39, 0.29) is 0 Å². The van der Waals surface area contributed by atoms with E-state index in [0.29, 0.717) is 0 Å². The van der Waals surface area contributed by atoms with Gasteiger partial charge in [0.1, 0.15) is 0 Å². The summed E-state index contributed by atoms with van der Waals surface area (Å²) in [7, 11) is 0. The summed E-state index contributed by atoms with van der Waals surface area (Å²) in [6, 6.07) is 1.99. The van der Waals surface area contributed by atoms with Crippen LogP contribution in [0, 0.1) is 6.92 Å². The molecule has 2 rings (SSSR count). The Bertz CT molecular complexity index is 510. The van der Waals surface area contributed by atoms with Crippen molar-refractivity contribution in [3.63, 3.8) is 0 Å². The molecule has 0 amide bonds. The molecule has 0 spiro atoms. The standard InChI is InChI=1S/C14H20N4O/c1-3-19-10-4-6-16-14-17-8-9-18(14)13-11-15-7-5-12(13)2/h5,7-9,11H,3-4,6,10H2,1-2H3,(H,16,17). The lowest BCUT2D eigenvalue weighted by Gasteiger charge is -2.11. The lowest BCUT2D eigenvalue weighted by molar-refractivity contribution is 0.147. The number of pyridine rings is 1. The van der Waals surface area contributed by atoms with Crippen molar-refractivity contribution in [1.29, 1.82) is 0 Å². The van der Waals surface area contributed by atoms with Gasteiger partial charge in [-0.1, -0.05) is 0 Å². The van der Waals surface area contributed by atoms with Gasteiger partial charge in [-0.15, -0.1) is 0 Å². The fourth-order valence-electron chi connectivity index (χ4n) is 1.86. The smallest absolute Gasteiger partial charge is 0.207 e. The molecule has 0 radical (unpaired) electrons. The van der Waals surface area contributed by atoms with Crippen LogP contribution >= 0.6 is 0 Å². The number of ether oxygens (including phenoxy) is 1. The first-order valence-electron chi connectivity index (χ1n) is 6.59. The molecular formula is C14H20N4O. The van der Waals surface area contributed by atoms with Crippen molar-refractivity contribution < 1.29 is 4.74 Å². The number of nitrogens with one attached hydrogen (secondary N) is 1. The van der Waals surface area contributed by atoms with Gasteiger partial charge in [-0.25, -0.2) is 4.98 Å². The van der Waals surface area contributed by atoms with E-state index in [1.807, 2.05) is 30.0 Å². The molecule has 0 bridgehead atoms. The van der Waals surface area contributed by atoms with Crippen molar-refractivity contribution in [1.82, 2.24) is 14.5 Å². The maximum atomic E-state index is 5.31. The Morgan fingerprint density at radius 2 is 2.26 bits per heavy atom. The largest absolute Gasteiger partial charge is 0.382 e. The summed E-state index contributed by atoms with van der Waals surface area (Å²) in [5.74, 6) is 0.840. The van der Waals surface area contributed by atoms with E-state index in [1.165, 1.54) is 5.56 Å². The van der Waals surface area contributed by atoms with Crippen molar-refractivity contribution in [2.24, 2.45) is 0 Å². The molecule has 0 atom stereocenters. The Kier molecular flexibility index (Phi) is 4.92. The van der Waals surface area contributed by atoms with Crippen LogP contribution in [-0.4, -0.2) is 34.3 Å². The van der Waals surface area contributed by atoms with Crippen molar-refractivity contribution in [3.05, 3.63) is 36.4 Å². The van der Waals surface area contributed by atoms with Crippen molar-refractivity contribution in [2.45, 2.75) is 20.3 Å². The molecular weight excluding hydrogens is 240 g/mol. The summed E-state index contributed by atoms with van der Waals surface area (Å²) in [6.45, 7) is 6.46. The first kappa shape index (κ1) is 13.5. The van der Waals surface area contributed by atoms with Crippen LogP contribution in [0.3, 0.4) is 0 Å². The Morgan fingerprint density at radius 1 is 1.37 bits per heavy atom. The van der Waals surface area contributed by atoms with Gasteiger partial charge in [0.05, 0.1) is 11.9 Å². The topological polar surface area (TPSA) is 52.0 Å². The zero-order chi connectivity index (χ0) is 13.5. The van der Waals surface area contributed by atoms with Crippen LogP contribution < -0.4 is 5.32 Å². The van der Waals surface area contributed by atoms with Gasteiger partial charge in [-0.3, -0.25) is 9.55 Å². The first-order valence-corrected chi connectivity index (χ1v) is 6.59. The number of hydrogen-bond donors (Lipinski definition) is 1. The molecule has 0 aliphatic carbocycles. The molecule has 2 aromatic rings. The summed E-state index contributed by atoms with van der Waals surface area (Å²) in [6.07, 6.45) is 8.34. The Morgan fingerprint density at radius 3 is 3.05 bits per heavy atom. The SMILES string of the molecule is CCOCCCNc1nccn1-c1cnccc1C. The fourth-order valence-corrected chi connectivity index (χ4v) is 1.86. The second-order valence-electron chi connectivity index (χ2n) is 4.26. The Labute approximate surface area is 113 Å². The minimum atomic E-state index is 0.767. The normalized spacial score (nSPS) is 10.6. The molecule has 0 saturated heterocycles. The van der Waals surface area contributed by atoms with Gasteiger partial charge in [0.2, 0.25) is 5.95 Å². The maximum Gasteiger partial charge on any atom is 0.207 e. The highest BCUT2D eigenvalue weighted by Crippen LogP contribution is 2.16. The predicted octanol–water partition coefficient (Wildman–Crippen LogP) is 2.41. The highest BCUT2D eigenvalue weighted by atomic mass is 16.5. The van der Waals surface area contributed by atoms with Crippen LogP contribution in [0.1, 0.15) is 18.9 Å². The zero-order valence-corrected chi connectivity index (χ0v) is 11.5. The summed E-state index contributed by atoms with van der Waals surface area (Å²) < 4.78 is 7.33. The van der Waals surface area contributed by atoms with Crippen LogP contribution in [0.2, 0.25) is 0 Å². The number of anilines is 1. The van der Waals surface area contributed by atoms with Gasteiger partial charge in [-0.2, -0.15) is 0 Å². The minimum Gasteiger partial charge on any atom is -0.382 e. The lowest BCUT2D eigenvalue weighted by Crippen LogP contribution is -2.10. The van der Waals surface area contributed by atoms with Gasteiger partial charge in [0.15, 0.2) is 0 Å². The van der Waals surface area contributed by atoms with Crippen LogP contribution in [0.4, 0.5) is 5.95 Å². The van der Waals surface area contributed by atoms with Gasteiger partial charge < -0.3 is 10.1 Å². The summed E-state index contributed by atoms with van der Waals surface area (Å²) in [5.41, 5.74) is 2.22. The molecule has 1 N–H and O–H groups in total. The summed E-state index contributed by atoms with van der Waals surface area (Å²) in [5, 5.41) is 3.32. The summed E-state index contributed by atoms with van der Waals surface area (Å²) in [4.78, 5) is 8.50.